The Labute approximate surface area is 131 Å². The Morgan fingerprint density at radius 3 is 2.81 bits per heavy atom. The SMILES string of the molecule is Cc1nc(-c2cc(Br)c3c(c2)OCCO3)c(N)n1C1CC1. The fraction of sp³-hybridized carbons (Fsp3) is 0.400. The number of anilines is 1. The van der Waals surface area contributed by atoms with Crippen LogP contribution in [0.3, 0.4) is 0 Å². The van der Waals surface area contributed by atoms with Gasteiger partial charge in [0.25, 0.3) is 0 Å². The number of halogens is 1. The van der Waals surface area contributed by atoms with Crippen molar-refractivity contribution in [1.82, 2.24) is 9.55 Å². The molecule has 1 aromatic carbocycles. The third-order valence-electron chi connectivity index (χ3n) is 3.91. The van der Waals surface area contributed by atoms with Crippen molar-refractivity contribution in [3.8, 4) is 22.8 Å². The Hall–Kier alpha value is -1.69. The second kappa shape index (κ2) is 4.66. The summed E-state index contributed by atoms with van der Waals surface area (Å²) in [4.78, 5) is 4.65. The fourth-order valence-electron chi connectivity index (χ4n) is 2.82. The van der Waals surface area contributed by atoms with Gasteiger partial charge in [-0.25, -0.2) is 4.98 Å². The number of nitrogen functional groups attached to an aromatic ring is 1. The normalized spacial score (nSPS) is 17.0. The molecule has 0 atom stereocenters. The highest BCUT2D eigenvalue weighted by Gasteiger charge is 2.29. The summed E-state index contributed by atoms with van der Waals surface area (Å²) >= 11 is 3.54. The standard InChI is InChI=1S/C15H16BrN3O2/c1-8-18-13(15(17)19(8)10-2-3-10)9-6-11(16)14-12(7-9)20-4-5-21-14/h6-7,10H,2-5,17H2,1H3. The number of hydrogen-bond acceptors (Lipinski definition) is 4. The molecule has 0 spiro atoms. The van der Waals surface area contributed by atoms with Gasteiger partial charge in [-0.15, -0.1) is 0 Å². The van der Waals surface area contributed by atoms with Crippen LogP contribution in [0.25, 0.3) is 11.3 Å². The molecule has 1 aromatic heterocycles. The van der Waals surface area contributed by atoms with Crippen molar-refractivity contribution in [2.24, 2.45) is 0 Å². The third kappa shape index (κ3) is 2.09. The highest BCUT2D eigenvalue weighted by Crippen LogP contribution is 2.44. The van der Waals surface area contributed by atoms with Crippen molar-refractivity contribution in [3.63, 3.8) is 0 Å². The van der Waals surface area contributed by atoms with Gasteiger partial charge in [-0.1, -0.05) is 0 Å². The van der Waals surface area contributed by atoms with Crippen LogP contribution in [0, 0.1) is 6.92 Å². The lowest BCUT2D eigenvalue weighted by atomic mass is 10.1. The molecule has 2 aliphatic rings. The van der Waals surface area contributed by atoms with Crippen LogP contribution in [0.5, 0.6) is 11.5 Å². The summed E-state index contributed by atoms with van der Waals surface area (Å²) in [7, 11) is 0. The fourth-order valence-corrected chi connectivity index (χ4v) is 3.37. The van der Waals surface area contributed by atoms with Gasteiger partial charge in [0.2, 0.25) is 0 Å². The molecule has 1 saturated carbocycles. The molecule has 0 radical (unpaired) electrons. The first-order valence-electron chi connectivity index (χ1n) is 7.09. The molecule has 21 heavy (non-hydrogen) atoms. The molecule has 1 fully saturated rings. The highest BCUT2D eigenvalue weighted by molar-refractivity contribution is 9.10. The molecule has 0 saturated heterocycles. The monoisotopic (exact) mass is 349 g/mol. The summed E-state index contributed by atoms with van der Waals surface area (Å²) in [6.45, 7) is 3.14. The van der Waals surface area contributed by atoms with Crippen LogP contribution in [0.2, 0.25) is 0 Å². The molecule has 110 valence electrons. The quantitative estimate of drug-likeness (QED) is 0.903. The number of ether oxygens (including phenoxy) is 2. The molecule has 2 N–H and O–H groups in total. The minimum atomic E-state index is 0.520. The second-order valence-corrected chi connectivity index (χ2v) is 6.33. The van der Waals surface area contributed by atoms with E-state index in [-0.39, 0.29) is 0 Å². The molecule has 1 aliphatic carbocycles. The molecule has 2 heterocycles. The minimum Gasteiger partial charge on any atom is -0.486 e. The van der Waals surface area contributed by atoms with Crippen molar-refractivity contribution >= 4 is 21.7 Å². The largest absolute Gasteiger partial charge is 0.486 e. The van der Waals surface area contributed by atoms with Crippen molar-refractivity contribution in [1.29, 1.82) is 0 Å². The summed E-state index contributed by atoms with van der Waals surface area (Å²) in [5.41, 5.74) is 8.08. The zero-order valence-corrected chi connectivity index (χ0v) is 13.3. The number of nitrogens with zero attached hydrogens (tertiary/aromatic N) is 2. The predicted molar refractivity (Wildman–Crippen MR) is 83.8 cm³/mol. The van der Waals surface area contributed by atoms with E-state index in [0.717, 1.165) is 38.9 Å². The van der Waals surface area contributed by atoms with Gasteiger partial charge in [0.1, 0.15) is 30.5 Å². The van der Waals surface area contributed by atoms with E-state index in [1.54, 1.807) is 0 Å². The van der Waals surface area contributed by atoms with Gasteiger partial charge in [-0.05, 0) is 47.8 Å². The van der Waals surface area contributed by atoms with Crippen molar-refractivity contribution in [2.75, 3.05) is 18.9 Å². The average molecular weight is 350 g/mol. The van der Waals surface area contributed by atoms with E-state index < -0.39 is 0 Å². The minimum absolute atomic E-state index is 0.520. The number of benzene rings is 1. The van der Waals surface area contributed by atoms with Gasteiger partial charge < -0.3 is 19.8 Å². The van der Waals surface area contributed by atoms with Crippen LogP contribution in [-0.4, -0.2) is 22.8 Å². The maximum atomic E-state index is 6.32. The number of nitrogens with two attached hydrogens (primary N) is 1. The first-order chi connectivity index (χ1) is 10.1. The second-order valence-electron chi connectivity index (χ2n) is 5.48. The maximum Gasteiger partial charge on any atom is 0.175 e. The van der Waals surface area contributed by atoms with Crippen LogP contribution in [0.15, 0.2) is 16.6 Å². The van der Waals surface area contributed by atoms with Gasteiger partial charge in [-0.3, -0.25) is 0 Å². The van der Waals surface area contributed by atoms with Crippen LogP contribution < -0.4 is 15.2 Å². The van der Waals surface area contributed by atoms with Gasteiger partial charge in [0.15, 0.2) is 11.5 Å². The molecular weight excluding hydrogens is 334 g/mol. The van der Waals surface area contributed by atoms with E-state index in [2.05, 4.69) is 25.5 Å². The summed E-state index contributed by atoms with van der Waals surface area (Å²) in [5, 5.41) is 0. The number of aryl methyl sites for hydroxylation is 1. The van der Waals surface area contributed by atoms with Gasteiger partial charge in [0, 0.05) is 11.6 Å². The Morgan fingerprint density at radius 1 is 1.29 bits per heavy atom. The number of hydrogen-bond donors (Lipinski definition) is 1. The Kier molecular flexibility index (Phi) is 2.89. The first-order valence-corrected chi connectivity index (χ1v) is 7.88. The zero-order valence-electron chi connectivity index (χ0n) is 11.7. The Balaban J connectivity index is 1.83. The van der Waals surface area contributed by atoms with E-state index in [1.807, 2.05) is 19.1 Å². The third-order valence-corrected chi connectivity index (χ3v) is 4.50. The van der Waals surface area contributed by atoms with Gasteiger partial charge in [-0.2, -0.15) is 0 Å². The molecule has 0 unspecified atom stereocenters. The summed E-state index contributed by atoms with van der Waals surface area (Å²) < 4.78 is 14.3. The summed E-state index contributed by atoms with van der Waals surface area (Å²) in [6, 6.07) is 4.46. The molecule has 5 nitrogen and oxygen atoms in total. The van der Waals surface area contributed by atoms with Gasteiger partial charge in [0.05, 0.1) is 4.47 Å². The summed E-state index contributed by atoms with van der Waals surface area (Å²) in [6.07, 6.45) is 2.37. The van der Waals surface area contributed by atoms with E-state index in [9.17, 15) is 0 Å². The lowest BCUT2D eigenvalue weighted by Gasteiger charge is -2.20. The lowest BCUT2D eigenvalue weighted by molar-refractivity contribution is 0.170. The first kappa shape index (κ1) is 13.0. The molecular formula is C15H16BrN3O2. The Morgan fingerprint density at radius 2 is 2.05 bits per heavy atom. The van der Waals surface area contributed by atoms with E-state index in [1.165, 1.54) is 12.8 Å². The van der Waals surface area contributed by atoms with E-state index in [0.29, 0.717) is 19.3 Å². The maximum absolute atomic E-state index is 6.32. The highest BCUT2D eigenvalue weighted by atomic mass is 79.9. The van der Waals surface area contributed by atoms with Crippen molar-refractivity contribution in [3.05, 3.63) is 22.4 Å². The molecule has 6 heteroatoms. The van der Waals surface area contributed by atoms with Gasteiger partial charge >= 0.3 is 0 Å². The van der Waals surface area contributed by atoms with Crippen LogP contribution in [0.4, 0.5) is 5.82 Å². The van der Waals surface area contributed by atoms with E-state index >= 15 is 0 Å². The van der Waals surface area contributed by atoms with Crippen LogP contribution in [-0.2, 0) is 0 Å². The number of rotatable bonds is 2. The molecule has 0 amide bonds. The van der Waals surface area contributed by atoms with E-state index in [4.69, 9.17) is 15.2 Å². The molecule has 2 aromatic rings. The van der Waals surface area contributed by atoms with Crippen LogP contribution >= 0.6 is 15.9 Å². The van der Waals surface area contributed by atoms with Crippen molar-refractivity contribution in [2.45, 2.75) is 25.8 Å². The number of aromatic nitrogens is 2. The zero-order chi connectivity index (χ0) is 14.6. The van der Waals surface area contributed by atoms with Crippen LogP contribution in [0.1, 0.15) is 24.7 Å². The average Bonchev–Trinajstić information content (AvgIpc) is 3.25. The lowest BCUT2D eigenvalue weighted by Crippen LogP contribution is -2.15. The number of imidazole rings is 1. The molecule has 4 rings (SSSR count). The predicted octanol–water partition coefficient (Wildman–Crippen LogP) is 3.31. The molecule has 0 bridgehead atoms. The topological polar surface area (TPSA) is 62.3 Å². The smallest absolute Gasteiger partial charge is 0.175 e. The molecule has 1 aliphatic heterocycles. The number of fused-ring (bicyclic) bond motifs is 1. The summed E-state index contributed by atoms with van der Waals surface area (Å²) in [5.74, 6) is 3.19. The van der Waals surface area contributed by atoms with Crippen molar-refractivity contribution < 1.29 is 9.47 Å². The Bertz CT molecular complexity index is 722.